The van der Waals surface area contributed by atoms with E-state index in [9.17, 15) is 0 Å². The number of hydrogen-bond donors (Lipinski definition) is 1. The molecule has 1 aromatic rings. The summed E-state index contributed by atoms with van der Waals surface area (Å²) >= 11 is 2.03. The Bertz CT molecular complexity index is 382. The third-order valence-electron chi connectivity index (χ3n) is 3.80. The number of fused-ring (bicyclic) bond motifs is 1. The van der Waals surface area contributed by atoms with Gasteiger partial charge in [-0.15, -0.1) is 11.3 Å². The first-order valence-corrected chi connectivity index (χ1v) is 8.07. The van der Waals surface area contributed by atoms with Crippen molar-refractivity contribution in [2.45, 2.75) is 58.4 Å². The zero-order valence-electron chi connectivity index (χ0n) is 11.7. The Balaban J connectivity index is 2.14. The van der Waals surface area contributed by atoms with E-state index in [1.165, 1.54) is 36.1 Å². The van der Waals surface area contributed by atoms with Crippen molar-refractivity contribution in [3.05, 3.63) is 33.5 Å². The molecule has 1 unspecified atom stereocenters. The van der Waals surface area contributed by atoms with Gasteiger partial charge in [-0.25, -0.2) is 0 Å². The molecule has 100 valence electrons. The van der Waals surface area contributed by atoms with Crippen LogP contribution in [0.5, 0.6) is 0 Å². The van der Waals surface area contributed by atoms with Crippen LogP contribution in [0.15, 0.2) is 18.2 Å². The van der Waals surface area contributed by atoms with E-state index in [0.29, 0.717) is 6.04 Å². The minimum atomic E-state index is 0.484. The summed E-state index contributed by atoms with van der Waals surface area (Å²) < 4.78 is 0. The molecule has 1 aromatic heterocycles. The van der Waals surface area contributed by atoms with Gasteiger partial charge in [0.25, 0.3) is 0 Å². The van der Waals surface area contributed by atoms with E-state index in [0.717, 1.165) is 19.4 Å². The van der Waals surface area contributed by atoms with Crippen LogP contribution in [0.25, 0.3) is 0 Å². The van der Waals surface area contributed by atoms with Gasteiger partial charge < -0.3 is 5.32 Å². The van der Waals surface area contributed by atoms with Gasteiger partial charge in [0.15, 0.2) is 0 Å². The van der Waals surface area contributed by atoms with Crippen molar-refractivity contribution in [2.75, 3.05) is 6.54 Å². The molecule has 0 aliphatic heterocycles. The van der Waals surface area contributed by atoms with Crippen LogP contribution in [-0.2, 0) is 12.8 Å². The molecule has 2 heteroatoms. The van der Waals surface area contributed by atoms with Crippen molar-refractivity contribution in [2.24, 2.45) is 0 Å². The topological polar surface area (TPSA) is 12.0 Å². The van der Waals surface area contributed by atoms with Crippen molar-refractivity contribution in [1.29, 1.82) is 0 Å². The highest BCUT2D eigenvalue weighted by atomic mass is 32.1. The summed E-state index contributed by atoms with van der Waals surface area (Å²) in [6.07, 6.45) is 7.51. The molecule has 1 atom stereocenters. The van der Waals surface area contributed by atoms with E-state index >= 15 is 0 Å². The van der Waals surface area contributed by atoms with Crippen LogP contribution in [0.1, 0.15) is 60.9 Å². The predicted molar refractivity (Wildman–Crippen MR) is 81.4 cm³/mol. The van der Waals surface area contributed by atoms with Crippen LogP contribution in [-0.4, -0.2) is 6.54 Å². The maximum Gasteiger partial charge on any atom is 0.0452 e. The SMILES string of the molecule is C=C(CC)CC(NCC)c1cc2c(s1)CCCC2. The van der Waals surface area contributed by atoms with E-state index in [4.69, 9.17) is 0 Å². The summed E-state index contributed by atoms with van der Waals surface area (Å²) in [5.41, 5.74) is 2.97. The second-order valence-corrected chi connectivity index (χ2v) is 6.39. The molecule has 0 saturated heterocycles. The van der Waals surface area contributed by atoms with Crippen LogP contribution >= 0.6 is 11.3 Å². The number of rotatable bonds is 6. The third kappa shape index (κ3) is 3.24. The van der Waals surface area contributed by atoms with Gasteiger partial charge >= 0.3 is 0 Å². The standard InChI is InChI=1S/C16H25NS/c1-4-12(3)10-14(17-5-2)16-11-13-8-6-7-9-15(13)18-16/h11,14,17H,3-10H2,1-2H3. The Kier molecular flexibility index (Phi) is 5.02. The zero-order valence-corrected chi connectivity index (χ0v) is 12.5. The first kappa shape index (κ1) is 13.8. The molecule has 0 aromatic carbocycles. The van der Waals surface area contributed by atoms with Gasteiger partial charge in [-0.3, -0.25) is 0 Å². The quantitative estimate of drug-likeness (QED) is 0.738. The summed E-state index contributed by atoms with van der Waals surface area (Å²) in [4.78, 5) is 3.17. The molecule has 0 radical (unpaired) electrons. The van der Waals surface area contributed by atoms with Gasteiger partial charge in [0.05, 0.1) is 0 Å². The van der Waals surface area contributed by atoms with Gasteiger partial charge in [-0.1, -0.05) is 26.0 Å². The highest BCUT2D eigenvalue weighted by molar-refractivity contribution is 7.12. The van der Waals surface area contributed by atoms with E-state index in [1.54, 1.807) is 10.4 Å². The van der Waals surface area contributed by atoms with E-state index < -0.39 is 0 Å². The van der Waals surface area contributed by atoms with Crippen LogP contribution in [0.4, 0.5) is 0 Å². The Morgan fingerprint density at radius 3 is 2.83 bits per heavy atom. The summed E-state index contributed by atoms with van der Waals surface area (Å²) in [5.74, 6) is 0. The monoisotopic (exact) mass is 263 g/mol. The van der Waals surface area contributed by atoms with E-state index in [2.05, 4.69) is 31.8 Å². The number of hydrogen-bond acceptors (Lipinski definition) is 2. The average Bonchev–Trinajstić information content (AvgIpc) is 2.81. The van der Waals surface area contributed by atoms with Gasteiger partial charge in [-0.05, 0) is 56.7 Å². The molecule has 0 fully saturated rings. The minimum absolute atomic E-state index is 0.484. The van der Waals surface area contributed by atoms with Crippen molar-refractivity contribution < 1.29 is 0 Å². The lowest BCUT2D eigenvalue weighted by Gasteiger charge is -2.17. The lowest BCUT2D eigenvalue weighted by molar-refractivity contribution is 0.550. The molecule has 18 heavy (non-hydrogen) atoms. The first-order chi connectivity index (χ1) is 8.74. The maximum atomic E-state index is 4.17. The molecule has 1 nitrogen and oxygen atoms in total. The smallest absolute Gasteiger partial charge is 0.0452 e. The van der Waals surface area contributed by atoms with Gasteiger partial charge in [0.2, 0.25) is 0 Å². The molecular formula is C16H25NS. The second kappa shape index (κ2) is 6.53. The first-order valence-electron chi connectivity index (χ1n) is 7.26. The molecule has 0 saturated carbocycles. The second-order valence-electron chi connectivity index (χ2n) is 5.22. The fourth-order valence-corrected chi connectivity index (χ4v) is 3.97. The van der Waals surface area contributed by atoms with Crippen molar-refractivity contribution in [1.82, 2.24) is 5.32 Å². The van der Waals surface area contributed by atoms with Crippen molar-refractivity contribution in [3.8, 4) is 0 Å². The highest BCUT2D eigenvalue weighted by Gasteiger charge is 2.18. The number of thiophene rings is 1. The van der Waals surface area contributed by atoms with E-state index in [-0.39, 0.29) is 0 Å². The number of aryl methyl sites for hydroxylation is 2. The normalized spacial score (nSPS) is 16.3. The Labute approximate surface area is 115 Å². The molecule has 2 rings (SSSR count). The lowest BCUT2D eigenvalue weighted by atomic mass is 9.97. The molecule has 1 aliphatic rings. The van der Waals surface area contributed by atoms with Crippen LogP contribution in [0.3, 0.4) is 0 Å². The summed E-state index contributed by atoms with van der Waals surface area (Å²) in [6, 6.07) is 2.94. The molecule has 0 amide bonds. The largest absolute Gasteiger partial charge is 0.309 e. The minimum Gasteiger partial charge on any atom is -0.309 e. The molecular weight excluding hydrogens is 238 g/mol. The number of nitrogens with one attached hydrogen (secondary N) is 1. The highest BCUT2D eigenvalue weighted by Crippen LogP contribution is 2.35. The van der Waals surface area contributed by atoms with Crippen LogP contribution in [0, 0.1) is 0 Å². The van der Waals surface area contributed by atoms with Crippen LogP contribution in [0.2, 0.25) is 0 Å². The van der Waals surface area contributed by atoms with Crippen molar-refractivity contribution in [3.63, 3.8) is 0 Å². The molecule has 1 N–H and O–H groups in total. The Hall–Kier alpha value is -0.600. The third-order valence-corrected chi connectivity index (χ3v) is 5.15. The molecule has 0 spiro atoms. The van der Waals surface area contributed by atoms with Crippen LogP contribution < -0.4 is 5.32 Å². The molecule has 1 heterocycles. The van der Waals surface area contributed by atoms with Gasteiger partial charge in [0, 0.05) is 15.8 Å². The van der Waals surface area contributed by atoms with Gasteiger partial charge in [0.1, 0.15) is 0 Å². The van der Waals surface area contributed by atoms with Gasteiger partial charge in [-0.2, -0.15) is 0 Å². The Morgan fingerprint density at radius 2 is 2.17 bits per heavy atom. The fourth-order valence-electron chi connectivity index (χ4n) is 2.64. The lowest BCUT2D eigenvalue weighted by Crippen LogP contribution is -2.20. The fraction of sp³-hybridized carbons (Fsp3) is 0.625. The maximum absolute atomic E-state index is 4.17. The summed E-state index contributed by atoms with van der Waals surface area (Å²) in [6.45, 7) is 9.59. The predicted octanol–water partition coefficient (Wildman–Crippen LogP) is 4.63. The summed E-state index contributed by atoms with van der Waals surface area (Å²) in [5, 5.41) is 3.62. The van der Waals surface area contributed by atoms with E-state index in [1.807, 2.05) is 11.3 Å². The molecule has 0 bridgehead atoms. The zero-order chi connectivity index (χ0) is 13.0. The van der Waals surface area contributed by atoms with Crippen molar-refractivity contribution >= 4 is 11.3 Å². The summed E-state index contributed by atoms with van der Waals surface area (Å²) in [7, 11) is 0. The molecule has 1 aliphatic carbocycles. The average molecular weight is 263 g/mol. The Morgan fingerprint density at radius 1 is 1.39 bits per heavy atom.